The maximum absolute atomic E-state index is 11.9. The molecule has 0 spiro atoms. The van der Waals surface area contributed by atoms with Gasteiger partial charge in [0.15, 0.2) is 9.84 Å². The number of carbonyl (C=O) groups excluding carboxylic acids is 1. The van der Waals surface area contributed by atoms with Crippen LogP contribution in [-0.4, -0.2) is 31.2 Å². The lowest BCUT2D eigenvalue weighted by molar-refractivity contribution is -0.121. The smallest absolute Gasteiger partial charge is 0.339 e. The van der Waals surface area contributed by atoms with Gasteiger partial charge in [0.1, 0.15) is 17.1 Å². The van der Waals surface area contributed by atoms with Crippen LogP contribution in [0.25, 0.3) is 0 Å². The van der Waals surface area contributed by atoms with Crippen molar-refractivity contribution < 1.29 is 27.5 Å². The van der Waals surface area contributed by atoms with Crippen molar-refractivity contribution in [2.24, 2.45) is 0 Å². The first-order valence-electron chi connectivity index (χ1n) is 8.14. The quantitative estimate of drug-likeness (QED) is 0.728. The molecule has 0 saturated heterocycles. The molecule has 1 aromatic carbocycles. The van der Waals surface area contributed by atoms with Gasteiger partial charge in [-0.2, -0.15) is 0 Å². The summed E-state index contributed by atoms with van der Waals surface area (Å²) in [5.41, 5.74) is 0.938. The summed E-state index contributed by atoms with van der Waals surface area (Å²) in [6.45, 7) is 3.26. The minimum Gasteiger partial charge on any atom is -0.478 e. The first kappa shape index (κ1) is 19.7. The van der Waals surface area contributed by atoms with E-state index in [1.165, 1.54) is 6.07 Å². The van der Waals surface area contributed by atoms with E-state index in [2.05, 4.69) is 5.32 Å². The molecule has 0 unspecified atom stereocenters. The van der Waals surface area contributed by atoms with Crippen molar-refractivity contribution in [1.82, 2.24) is 5.32 Å². The highest BCUT2D eigenvalue weighted by Crippen LogP contribution is 2.15. The van der Waals surface area contributed by atoms with E-state index in [0.29, 0.717) is 17.9 Å². The highest BCUT2D eigenvalue weighted by molar-refractivity contribution is 7.91. The number of aryl methyl sites for hydroxylation is 2. The Kier molecular flexibility index (Phi) is 6.20. The van der Waals surface area contributed by atoms with Gasteiger partial charge in [-0.05, 0) is 37.1 Å². The van der Waals surface area contributed by atoms with Crippen LogP contribution in [-0.2, 0) is 27.6 Å². The van der Waals surface area contributed by atoms with Gasteiger partial charge in [0.05, 0.1) is 17.2 Å². The Morgan fingerprint density at radius 2 is 1.85 bits per heavy atom. The van der Waals surface area contributed by atoms with E-state index in [9.17, 15) is 18.0 Å². The number of benzene rings is 1. The Labute approximate surface area is 151 Å². The predicted octanol–water partition coefficient (Wildman–Crippen LogP) is 2.33. The molecule has 0 aliphatic carbocycles. The van der Waals surface area contributed by atoms with E-state index < -0.39 is 15.8 Å². The molecule has 0 fully saturated rings. The molecular weight excluding hydrogens is 358 g/mol. The lowest BCUT2D eigenvalue weighted by Gasteiger charge is -2.05. The summed E-state index contributed by atoms with van der Waals surface area (Å²) < 4.78 is 28.8. The molecule has 8 heteroatoms. The zero-order valence-corrected chi connectivity index (χ0v) is 15.4. The van der Waals surface area contributed by atoms with Crippen LogP contribution in [0.2, 0.25) is 0 Å². The minimum atomic E-state index is -3.22. The molecule has 2 N–H and O–H groups in total. The van der Waals surface area contributed by atoms with Crippen molar-refractivity contribution in [2.75, 3.05) is 5.75 Å². The van der Waals surface area contributed by atoms with Crippen molar-refractivity contribution >= 4 is 21.7 Å². The number of nitrogens with one attached hydrogen (secondary N) is 1. The van der Waals surface area contributed by atoms with Crippen molar-refractivity contribution in [3.8, 4) is 0 Å². The molecule has 0 bridgehead atoms. The van der Waals surface area contributed by atoms with Crippen LogP contribution < -0.4 is 5.32 Å². The monoisotopic (exact) mass is 379 g/mol. The van der Waals surface area contributed by atoms with E-state index in [-0.39, 0.29) is 35.1 Å². The van der Waals surface area contributed by atoms with Gasteiger partial charge in [0.2, 0.25) is 5.91 Å². The van der Waals surface area contributed by atoms with Crippen LogP contribution in [0.15, 0.2) is 39.6 Å². The van der Waals surface area contributed by atoms with Crippen molar-refractivity contribution in [2.45, 2.75) is 38.1 Å². The molecule has 0 saturated carbocycles. The highest BCUT2D eigenvalue weighted by Gasteiger charge is 2.14. The first-order chi connectivity index (χ1) is 12.2. The number of furan rings is 1. The molecule has 0 aliphatic rings. The van der Waals surface area contributed by atoms with Gasteiger partial charge < -0.3 is 14.8 Å². The Bertz CT molecular complexity index is 896. The molecule has 140 valence electrons. The second kappa shape index (κ2) is 8.18. The molecule has 0 atom stereocenters. The number of sulfone groups is 1. The van der Waals surface area contributed by atoms with Crippen LogP contribution in [0.5, 0.6) is 0 Å². The van der Waals surface area contributed by atoms with Crippen LogP contribution >= 0.6 is 0 Å². The Balaban J connectivity index is 1.85. The minimum absolute atomic E-state index is 0.0462. The number of carbonyl (C=O) groups is 2. The van der Waals surface area contributed by atoms with E-state index in [1.54, 1.807) is 38.1 Å². The summed E-state index contributed by atoms with van der Waals surface area (Å²) in [5.74, 6) is -0.560. The molecule has 2 rings (SSSR count). The number of carboxylic acids is 1. The van der Waals surface area contributed by atoms with E-state index >= 15 is 0 Å². The molecule has 1 heterocycles. The first-order valence-corrected chi connectivity index (χ1v) is 9.79. The Morgan fingerprint density at radius 3 is 2.38 bits per heavy atom. The zero-order chi connectivity index (χ0) is 19.3. The largest absolute Gasteiger partial charge is 0.478 e. The standard InChI is InChI=1S/C18H21NO6S/c1-3-26(23,24)15-7-4-13(5-8-15)6-9-17(20)19-11-14-10-16(18(21)22)12(2)25-14/h4-5,7-8,10H,3,6,9,11H2,1-2H3,(H,19,20)(H,21,22). The predicted molar refractivity (Wildman–Crippen MR) is 94.7 cm³/mol. The van der Waals surface area contributed by atoms with Crippen LogP contribution in [0.3, 0.4) is 0 Å². The highest BCUT2D eigenvalue weighted by atomic mass is 32.2. The Morgan fingerprint density at radius 1 is 1.19 bits per heavy atom. The van der Waals surface area contributed by atoms with Gasteiger partial charge >= 0.3 is 5.97 Å². The van der Waals surface area contributed by atoms with Crippen LogP contribution in [0, 0.1) is 6.92 Å². The van der Waals surface area contributed by atoms with E-state index in [4.69, 9.17) is 9.52 Å². The summed E-state index contributed by atoms with van der Waals surface area (Å²) in [7, 11) is -3.22. The number of amides is 1. The van der Waals surface area contributed by atoms with E-state index in [0.717, 1.165) is 5.56 Å². The molecule has 0 aliphatic heterocycles. The average molecular weight is 379 g/mol. The average Bonchev–Trinajstić information content (AvgIpc) is 2.99. The fraction of sp³-hybridized carbons (Fsp3) is 0.333. The third-order valence-electron chi connectivity index (χ3n) is 3.96. The summed E-state index contributed by atoms with van der Waals surface area (Å²) in [4.78, 5) is 23.1. The van der Waals surface area contributed by atoms with Crippen molar-refractivity contribution in [3.05, 3.63) is 53.0 Å². The van der Waals surface area contributed by atoms with Gasteiger partial charge in [0, 0.05) is 6.42 Å². The summed E-state index contributed by atoms with van der Waals surface area (Å²) in [6, 6.07) is 7.89. The van der Waals surface area contributed by atoms with Gasteiger partial charge in [-0.3, -0.25) is 4.79 Å². The molecule has 7 nitrogen and oxygen atoms in total. The van der Waals surface area contributed by atoms with Gasteiger partial charge in [-0.25, -0.2) is 13.2 Å². The second-order valence-electron chi connectivity index (χ2n) is 5.81. The fourth-order valence-corrected chi connectivity index (χ4v) is 3.29. The summed E-state index contributed by atoms with van der Waals surface area (Å²) >= 11 is 0. The third kappa shape index (κ3) is 4.95. The van der Waals surface area contributed by atoms with Gasteiger partial charge in [-0.15, -0.1) is 0 Å². The fourth-order valence-electron chi connectivity index (χ4n) is 2.41. The maximum atomic E-state index is 11.9. The molecular formula is C18H21NO6S. The van der Waals surface area contributed by atoms with Crippen LogP contribution in [0.1, 0.15) is 40.8 Å². The number of hydrogen-bond donors (Lipinski definition) is 2. The van der Waals surface area contributed by atoms with Crippen molar-refractivity contribution in [1.29, 1.82) is 0 Å². The molecule has 2 aromatic rings. The SMILES string of the molecule is CCS(=O)(=O)c1ccc(CCC(=O)NCc2cc(C(=O)O)c(C)o2)cc1. The number of hydrogen-bond acceptors (Lipinski definition) is 5. The van der Waals surface area contributed by atoms with Crippen molar-refractivity contribution in [3.63, 3.8) is 0 Å². The summed E-state index contributed by atoms with van der Waals surface area (Å²) in [5, 5.41) is 11.6. The number of rotatable bonds is 8. The normalized spacial score (nSPS) is 11.3. The molecule has 26 heavy (non-hydrogen) atoms. The second-order valence-corrected chi connectivity index (χ2v) is 8.09. The van der Waals surface area contributed by atoms with Gasteiger partial charge in [0.25, 0.3) is 0 Å². The maximum Gasteiger partial charge on any atom is 0.339 e. The zero-order valence-electron chi connectivity index (χ0n) is 14.6. The molecule has 1 aromatic heterocycles. The van der Waals surface area contributed by atoms with Crippen LogP contribution in [0.4, 0.5) is 0 Å². The molecule has 1 amide bonds. The topological polar surface area (TPSA) is 114 Å². The Hall–Kier alpha value is -2.61. The lowest BCUT2D eigenvalue weighted by atomic mass is 10.1. The number of carboxylic acid groups (broad SMARTS) is 1. The lowest BCUT2D eigenvalue weighted by Crippen LogP contribution is -2.22. The third-order valence-corrected chi connectivity index (χ3v) is 5.71. The number of aromatic carboxylic acids is 1. The molecule has 0 radical (unpaired) electrons. The summed E-state index contributed by atoms with van der Waals surface area (Å²) in [6.07, 6.45) is 0.696. The van der Waals surface area contributed by atoms with E-state index in [1.807, 2.05) is 0 Å². The van der Waals surface area contributed by atoms with Gasteiger partial charge in [-0.1, -0.05) is 19.1 Å².